The highest BCUT2D eigenvalue weighted by atomic mass is 16.5. The molecule has 0 heterocycles. The number of carbonyl (C=O) groups is 2. The summed E-state index contributed by atoms with van der Waals surface area (Å²) in [6.45, 7) is 6.40. The minimum absolute atomic E-state index is 0.0735. The van der Waals surface area contributed by atoms with Gasteiger partial charge in [0.1, 0.15) is 6.10 Å². The molecule has 6 nitrogen and oxygen atoms in total. The Balaban J connectivity index is 4.49. The molecule has 360 valence electrons. The third-order valence-corrected chi connectivity index (χ3v) is 12.5. The molecule has 0 spiro atoms. The van der Waals surface area contributed by atoms with Crippen LogP contribution in [-0.2, 0) is 14.3 Å². The molecule has 3 atom stereocenters. The van der Waals surface area contributed by atoms with Crippen LogP contribution in [0.5, 0.6) is 0 Å². The van der Waals surface area contributed by atoms with E-state index in [9.17, 15) is 19.8 Å². The lowest BCUT2D eigenvalue weighted by molar-refractivity contribution is -0.151. The Bertz CT molecular complexity index is 966. The number of aliphatic hydroxyl groups excluding tert-OH is 2. The van der Waals surface area contributed by atoms with Gasteiger partial charge in [-0.05, 0) is 51.4 Å². The van der Waals surface area contributed by atoms with Gasteiger partial charge in [0.05, 0.1) is 25.2 Å². The zero-order chi connectivity index (χ0) is 44.5. The van der Waals surface area contributed by atoms with Gasteiger partial charge in [-0.3, -0.25) is 9.59 Å². The van der Waals surface area contributed by atoms with Crippen molar-refractivity contribution in [3.8, 4) is 0 Å². The molecule has 0 aliphatic carbocycles. The number of allylic oxidation sites excluding steroid dienone is 4. The largest absolute Gasteiger partial charge is 0.462 e. The fourth-order valence-electron chi connectivity index (χ4n) is 8.47. The molecule has 3 N–H and O–H groups in total. The van der Waals surface area contributed by atoms with E-state index < -0.39 is 18.2 Å². The Hall–Kier alpha value is -1.66. The third-order valence-electron chi connectivity index (χ3n) is 12.5. The normalized spacial score (nSPS) is 13.3. The van der Waals surface area contributed by atoms with Crippen LogP contribution in [0.25, 0.3) is 0 Å². The number of amides is 1. The van der Waals surface area contributed by atoms with Gasteiger partial charge >= 0.3 is 5.97 Å². The number of ether oxygens (including phenoxy) is 1. The van der Waals surface area contributed by atoms with E-state index in [2.05, 4.69) is 50.4 Å². The van der Waals surface area contributed by atoms with E-state index >= 15 is 0 Å². The Morgan fingerprint density at radius 1 is 0.492 bits per heavy atom. The molecular weight excluding hydrogens is 755 g/mol. The molecule has 0 saturated heterocycles. The minimum atomic E-state index is -0.787. The summed E-state index contributed by atoms with van der Waals surface area (Å²) in [7, 11) is 0. The van der Waals surface area contributed by atoms with Gasteiger partial charge in [0.25, 0.3) is 0 Å². The predicted octanol–water partition coefficient (Wildman–Crippen LogP) is 16.3. The maximum absolute atomic E-state index is 13.2. The molecule has 0 aliphatic rings. The van der Waals surface area contributed by atoms with E-state index in [4.69, 9.17) is 4.74 Å². The van der Waals surface area contributed by atoms with E-state index in [1.54, 1.807) is 0 Å². The van der Waals surface area contributed by atoms with Gasteiger partial charge < -0.3 is 20.3 Å². The number of hydrogen-bond acceptors (Lipinski definition) is 5. The Kier molecular flexibility index (Phi) is 48.0. The summed E-state index contributed by atoms with van der Waals surface area (Å²) in [6.07, 6.45) is 56.7. The summed E-state index contributed by atoms with van der Waals surface area (Å²) in [6, 6.07) is -0.701. The topological polar surface area (TPSA) is 95.9 Å². The second-order valence-corrected chi connectivity index (χ2v) is 18.6. The van der Waals surface area contributed by atoms with E-state index in [0.29, 0.717) is 19.3 Å². The number of rotatable bonds is 49. The van der Waals surface area contributed by atoms with Crippen LogP contribution in [0.1, 0.15) is 290 Å². The number of esters is 1. The number of aliphatic hydroxyl groups is 2. The monoisotopic (exact) mass is 860 g/mol. The van der Waals surface area contributed by atoms with Crippen LogP contribution in [0.4, 0.5) is 0 Å². The van der Waals surface area contributed by atoms with Gasteiger partial charge in [-0.2, -0.15) is 0 Å². The summed E-state index contributed by atoms with van der Waals surface area (Å²) >= 11 is 0. The van der Waals surface area contributed by atoms with Gasteiger partial charge in [-0.1, -0.05) is 251 Å². The maximum atomic E-state index is 13.2. The SMILES string of the molecule is CC/C=C/C/C=C/CCCCCCCC(CC(=O)NC(CO)C(O)CCCCCCCCCCCCCCCC)OC(=O)CCCCCCCCCCCCCCCCCC. The second-order valence-electron chi connectivity index (χ2n) is 18.6. The molecule has 0 bridgehead atoms. The van der Waals surface area contributed by atoms with Crippen LogP contribution in [0.3, 0.4) is 0 Å². The van der Waals surface area contributed by atoms with Crippen molar-refractivity contribution in [3.63, 3.8) is 0 Å². The van der Waals surface area contributed by atoms with Crippen molar-refractivity contribution in [2.45, 2.75) is 309 Å². The summed E-state index contributed by atoms with van der Waals surface area (Å²) in [5, 5.41) is 23.8. The lowest BCUT2D eigenvalue weighted by atomic mass is 10.0. The van der Waals surface area contributed by atoms with Crippen molar-refractivity contribution in [2.75, 3.05) is 6.61 Å². The van der Waals surface area contributed by atoms with Gasteiger partial charge in [0.15, 0.2) is 0 Å². The van der Waals surface area contributed by atoms with E-state index in [0.717, 1.165) is 70.6 Å². The average Bonchev–Trinajstić information content (AvgIpc) is 3.25. The van der Waals surface area contributed by atoms with Gasteiger partial charge in [-0.15, -0.1) is 0 Å². The van der Waals surface area contributed by atoms with E-state index in [-0.39, 0.29) is 24.9 Å². The number of carbonyl (C=O) groups excluding carboxylic acids is 2. The van der Waals surface area contributed by atoms with E-state index in [1.807, 2.05) is 0 Å². The minimum Gasteiger partial charge on any atom is -0.462 e. The van der Waals surface area contributed by atoms with Crippen LogP contribution < -0.4 is 5.32 Å². The molecule has 0 fully saturated rings. The van der Waals surface area contributed by atoms with Crippen LogP contribution in [0.15, 0.2) is 24.3 Å². The predicted molar refractivity (Wildman–Crippen MR) is 264 cm³/mol. The van der Waals surface area contributed by atoms with Crippen LogP contribution >= 0.6 is 0 Å². The van der Waals surface area contributed by atoms with Crippen LogP contribution in [0, 0.1) is 0 Å². The smallest absolute Gasteiger partial charge is 0.306 e. The fraction of sp³-hybridized carbons (Fsp3) is 0.891. The highest BCUT2D eigenvalue weighted by Crippen LogP contribution is 2.18. The molecule has 0 radical (unpaired) electrons. The van der Waals surface area contributed by atoms with E-state index in [1.165, 1.54) is 173 Å². The molecular formula is C55H105NO5. The summed E-state index contributed by atoms with van der Waals surface area (Å²) in [4.78, 5) is 26.2. The van der Waals surface area contributed by atoms with Crippen molar-refractivity contribution in [3.05, 3.63) is 24.3 Å². The molecule has 0 rings (SSSR count). The van der Waals surface area contributed by atoms with Gasteiger partial charge in [0, 0.05) is 6.42 Å². The number of unbranched alkanes of at least 4 members (excludes halogenated alkanes) is 33. The average molecular weight is 860 g/mol. The lowest BCUT2D eigenvalue weighted by Crippen LogP contribution is -2.46. The Morgan fingerprint density at radius 3 is 1.33 bits per heavy atom. The Morgan fingerprint density at radius 2 is 0.885 bits per heavy atom. The lowest BCUT2D eigenvalue weighted by Gasteiger charge is -2.24. The number of nitrogens with one attached hydrogen (secondary N) is 1. The highest BCUT2D eigenvalue weighted by Gasteiger charge is 2.24. The van der Waals surface area contributed by atoms with Crippen LogP contribution in [-0.4, -0.2) is 46.9 Å². The second kappa shape index (κ2) is 49.4. The van der Waals surface area contributed by atoms with Crippen molar-refractivity contribution >= 4 is 11.9 Å². The van der Waals surface area contributed by atoms with Crippen molar-refractivity contribution in [1.82, 2.24) is 5.32 Å². The molecule has 3 unspecified atom stereocenters. The van der Waals surface area contributed by atoms with Crippen molar-refractivity contribution in [2.24, 2.45) is 0 Å². The first-order valence-corrected chi connectivity index (χ1v) is 27.1. The molecule has 0 aromatic carbocycles. The number of hydrogen-bond donors (Lipinski definition) is 3. The molecule has 6 heteroatoms. The molecule has 0 saturated carbocycles. The third kappa shape index (κ3) is 44.7. The maximum Gasteiger partial charge on any atom is 0.306 e. The molecule has 0 aliphatic heterocycles. The first-order chi connectivity index (χ1) is 30.0. The highest BCUT2D eigenvalue weighted by molar-refractivity contribution is 5.77. The quantitative estimate of drug-likeness (QED) is 0.0322. The summed E-state index contributed by atoms with van der Waals surface area (Å²) < 4.78 is 5.94. The summed E-state index contributed by atoms with van der Waals surface area (Å²) in [5.41, 5.74) is 0. The van der Waals surface area contributed by atoms with Crippen molar-refractivity contribution < 1.29 is 24.5 Å². The molecule has 61 heavy (non-hydrogen) atoms. The molecule has 0 aromatic heterocycles. The van der Waals surface area contributed by atoms with Crippen LogP contribution in [0.2, 0.25) is 0 Å². The van der Waals surface area contributed by atoms with Gasteiger partial charge in [-0.25, -0.2) is 0 Å². The van der Waals surface area contributed by atoms with Gasteiger partial charge in [0.2, 0.25) is 5.91 Å². The summed E-state index contributed by atoms with van der Waals surface area (Å²) in [5.74, 6) is -0.472. The zero-order valence-corrected chi connectivity index (χ0v) is 41.1. The Labute approximate surface area is 380 Å². The molecule has 1 amide bonds. The first kappa shape index (κ1) is 59.3. The van der Waals surface area contributed by atoms with Crippen molar-refractivity contribution in [1.29, 1.82) is 0 Å². The fourth-order valence-corrected chi connectivity index (χ4v) is 8.47. The first-order valence-electron chi connectivity index (χ1n) is 27.1. The molecule has 0 aromatic rings. The zero-order valence-electron chi connectivity index (χ0n) is 41.1. The standard InChI is InChI=1S/C55H105NO5/c1-4-7-10-13-16-19-22-25-27-28-30-33-36-39-42-45-48-55(60)61-51(46-43-40-37-34-31-24-21-18-15-12-9-6-3)49-54(59)56-52(50-57)53(58)47-44-41-38-35-32-29-26-23-20-17-14-11-8-5-2/h9,12,18,21,51-53,57-58H,4-8,10-11,13-17,19-20,22-50H2,1-3H3,(H,56,59)/b12-9+,21-18+.